The lowest BCUT2D eigenvalue weighted by atomic mass is 9.52. The minimum Gasteiger partial charge on any atom is -0.400 e. The van der Waals surface area contributed by atoms with E-state index in [0.717, 1.165) is 49.0 Å². The normalized spacial score (nSPS) is 41.3. The molecule has 0 aliphatic heterocycles. The summed E-state index contributed by atoms with van der Waals surface area (Å²) in [5.41, 5.74) is 5.58. The molecule has 0 heterocycles. The third kappa shape index (κ3) is 4.79. The molecule has 0 bridgehead atoms. The summed E-state index contributed by atoms with van der Waals surface area (Å²) in [6, 6.07) is 0. The van der Waals surface area contributed by atoms with Crippen LogP contribution in [0.25, 0.3) is 0 Å². The molecule has 0 aromatic carbocycles. The van der Waals surface area contributed by atoms with Crippen LogP contribution in [-0.2, 0) is 4.79 Å². The molecular formula is C23H42N4O2. The predicted molar refractivity (Wildman–Crippen MR) is 116 cm³/mol. The van der Waals surface area contributed by atoms with Crippen molar-refractivity contribution in [2.75, 3.05) is 13.7 Å². The van der Waals surface area contributed by atoms with Crippen LogP contribution in [-0.4, -0.2) is 35.5 Å². The van der Waals surface area contributed by atoms with Gasteiger partial charge in [-0.1, -0.05) is 13.3 Å². The molecule has 0 spiro atoms. The molecule has 4 aliphatic rings. The smallest absolute Gasteiger partial charge is 0.158 e. The SMILES string of the molecule is C/C(N)=N/N(N)CC(=O)C1CCC2C1CCC1C3CCC(C)CC3CCC12.CO. The third-order valence-corrected chi connectivity index (χ3v) is 8.55. The van der Waals surface area contributed by atoms with Crippen molar-refractivity contribution in [3.05, 3.63) is 0 Å². The Morgan fingerprint density at radius 2 is 1.48 bits per heavy atom. The molecule has 6 heteroatoms. The minimum atomic E-state index is 0.194. The van der Waals surface area contributed by atoms with Gasteiger partial charge in [0, 0.05) is 13.0 Å². The van der Waals surface area contributed by atoms with E-state index >= 15 is 0 Å². The van der Waals surface area contributed by atoms with Gasteiger partial charge in [-0.2, -0.15) is 0 Å². The van der Waals surface area contributed by atoms with E-state index in [0.29, 0.717) is 11.8 Å². The van der Waals surface area contributed by atoms with Gasteiger partial charge >= 0.3 is 0 Å². The van der Waals surface area contributed by atoms with E-state index in [4.69, 9.17) is 16.7 Å². The van der Waals surface area contributed by atoms with Gasteiger partial charge in [-0.05, 0) is 99.7 Å². The number of aliphatic hydroxyl groups is 1. The lowest BCUT2D eigenvalue weighted by Gasteiger charge is -2.53. The minimum absolute atomic E-state index is 0.194. The molecule has 5 N–H and O–H groups in total. The second-order valence-corrected chi connectivity index (χ2v) is 10.1. The number of carbonyl (C=O) groups excluding carboxylic acids is 1. The summed E-state index contributed by atoms with van der Waals surface area (Å²) in [6.07, 6.45) is 12.2. The fourth-order valence-corrected chi connectivity index (χ4v) is 7.66. The van der Waals surface area contributed by atoms with E-state index in [1.54, 1.807) is 6.92 Å². The van der Waals surface area contributed by atoms with Gasteiger partial charge in [-0.15, -0.1) is 5.10 Å². The van der Waals surface area contributed by atoms with Crippen LogP contribution in [0.1, 0.15) is 71.6 Å². The van der Waals surface area contributed by atoms with Crippen LogP contribution in [0.15, 0.2) is 5.10 Å². The number of fused-ring (bicyclic) bond motifs is 5. The van der Waals surface area contributed by atoms with Crippen molar-refractivity contribution in [2.24, 2.45) is 64.0 Å². The Balaban J connectivity index is 0.00000117. The van der Waals surface area contributed by atoms with E-state index in [1.807, 2.05) is 0 Å². The molecule has 166 valence electrons. The number of hydrazine groups is 1. The first-order valence-corrected chi connectivity index (χ1v) is 11.7. The summed E-state index contributed by atoms with van der Waals surface area (Å²) in [6.45, 7) is 4.34. The van der Waals surface area contributed by atoms with E-state index in [1.165, 1.54) is 56.5 Å². The highest BCUT2D eigenvalue weighted by Gasteiger charge is 2.52. The Morgan fingerprint density at radius 1 is 0.931 bits per heavy atom. The standard InChI is InChI=1S/C22H38N4O.CH4O/c1-13-3-5-16-15(11-13)4-6-18-17(16)7-8-20-19(18)9-10-21(20)22(27)12-26(24)25-14(2)23;1-2/h13,15-21H,3-12,24H2,1-2H3,(H2,23,25);2H,1H3. The monoisotopic (exact) mass is 406 g/mol. The molecule has 0 aromatic heterocycles. The number of rotatable bonds is 4. The van der Waals surface area contributed by atoms with Gasteiger partial charge in [0.15, 0.2) is 5.78 Å². The first kappa shape index (κ1) is 22.5. The number of Topliss-reactive ketones (excluding diaryl/α,β-unsaturated/α-hetero) is 1. The molecule has 6 nitrogen and oxygen atoms in total. The van der Waals surface area contributed by atoms with Crippen LogP contribution < -0.4 is 11.6 Å². The largest absolute Gasteiger partial charge is 0.400 e. The molecule has 4 saturated carbocycles. The van der Waals surface area contributed by atoms with Crippen molar-refractivity contribution in [1.29, 1.82) is 0 Å². The van der Waals surface area contributed by atoms with Gasteiger partial charge in [0.2, 0.25) is 0 Å². The first-order valence-electron chi connectivity index (χ1n) is 11.7. The summed E-state index contributed by atoms with van der Waals surface area (Å²) < 4.78 is 0. The first-order chi connectivity index (χ1) is 13.9. The highest BCUT2D eigenvalue weighted by Crippen LogP contribution is 2.59. The summed E-state index contributed by atoms with van der Waals surface area (Å²) in [5, 5.41) is 12.2. The average Bonchev–Trinajstić information content (AvgIpc) is 3.12. The van der Waals surface area contributed by atoms with Crippen molar-refractivity contribution >= 4 is 11.6 Å². The van der Waals surface area contributed by atoms with Crippen molar-refractivity contribution < 1.29 is 9.90 Å². The summed E-state index contributed by atoms with van der Waals surface area (Å²) in [5.74, 6) is 12.8. The van der Waals surface area contributed by atoms with Gasteiger partial charge in [0.05, 0.1) is 0 Å². The number of carbonyl (C=O) groups is 1. The Morgan fingerprint density at radius 3 is 2.21 bits per heavy atom. The molecule has 8 unspecified atom stereocenters. The predicted octanol–water partition coefficient (Wildman–Crippen LogP) is 3.15. The van der Waals surface area contributed by atoms with Crippen molar-refractivity contribution in [2.45, 2.75) is 71.6 Å². The summed E-state index contributed by atoms with van der Waals surface area (Å²) >= 11 is 0. The molecule has 29 heavy (non-hydrogen) atoms. The highest BCUT2D eigenvalue weighted by atomic mass is 16.2. The summed E-state index contributed by atoms with van der Waals surface area (Å²) in [4.78, 5) is 12.9. The summed E-state index contributed by atoms with van der Waals surface area (Å²) in [7, 11) is 1.00. The Bertz CT molecular complexity index is 591. The zero-order valence-electron chi connectivity index (χ0n) is 18.6. The van der Waals surface area contributed by atoms with Gasteiger partial charge in [-0.25, -0.2) is 11.0 Å². The zero-order chi connectivity index (χ0) is 21.1. The highest BCUT2D eigenvalue weighted by molar-refractivity contribution is 5.84. The number of hydrazone groups is 1. The Hall–Kier alpha value is -1.14. The third-order valence-electron chi connectivity index (χ3n) is 8.55. The number of ketones is 1. The maximum Gasteiger partial charge on any atom is 0.158 e. The van der Waals surface area contributed by atoms with Crippen LogP contribution in [0.4, 0.5) is 0 Å². The molecule has 0 radical (unpaired) electrons. The van der Waals surface area contributed by atoms with Crippen LogP contribution in [0.2, 0.25) is 0 Å². The second-order valence-electron chi connectivity index (χ2n) is 10.1. The maximum atomic E-state index is 12.9. The van der Waals surface area contributed by atoms with Gasteiger partial charge < -0.3 is 10.8 Å². The number of hydrogen-bond acceptors (Lipinski definition) is 5. The van der Waals surface area contributed by atoms with E-state index in [2.05, 4.69) is 12.0 Å². The Kier molecular flexibility index (Phi) is 7.60. The van der Waals surface area contributed by atoms with E-state index < -0.39 is 0 Å². The van der Waals surface area contributed by atoms with Gasteiger partial charge in [0.25, 0.3) is 0 Å². The quantitative estimate of drug-likeness (QED) is 0.288. The fourth-order valence-electron chi connectivity index (χ4n) is 7.66. The maximum absolute atomic E-state index is 12.9. The molecule has 0 amide bonds. The topological polar surface area (TPSA) is 105 Å². The van der Waals surface area contributed by atoms with Crippen molar-refractivity contribution in [1.82, 2.24) is 5.12 Å². The lowest BCUT2D eigenvalue weighted by Crippen LogP contribution is -2.46. The number of nitrogens with zero attached hydrogens (tertiary/aromatic N) is 2. The fraction of sp³-hybridized carbons (Fsp3) is 0.913. The molecule has 4 aliphatic carbocycles. The molecule has 0 aromatic rings. The average molecular weight is 407 g/mol. The zero-order valence-corrected chi connectivity index (χ0v) is 18.6. The van der Waals surface area contributed by atoms with Crippen LogP contribution in [0.3, 0.4) is 0 Å². The van der Waals surface area contributed by atoms with E-state index in [9.17, 15) is 4.79 Å². The molecule has 4 fully saturated rings. The molecular weight excluding hydrogens is 364 g/mol. The van der Waals surface area contributed by atoms with Gasteiger partial charge in [-0.3, -0.25) is 4.79 Å². The Labute approximate surface area is 176 Å². The molecule has 4 rings (SSSR count). The number of amidine groups is 1. The van der Waals surface area contributed by atoms with Gasteiger partial charge in [0.1, 0.15) is 12.4 Å². The molecule has 0 saturated heterocycles. The van der Waals surface area contributed by atoms with Crippen molar-refractivity contribution in [3.8, 4) is 0 Å². The van der Waals surface area contributed by atoms with Crippen molar-refractivity contribution in [3.63, 3.8) is 0 Å². The number of nitrogens with two attached hydrogens (primary N) is 2. The number of hydrogen-bond donors (Lipinski definition) is 3. The van der Waals surface area contributed by atoms with Crippen LogP contribution in [0, 0.1) is 47.3 Å². The lowest BCUT2D eigenvalue weighted by molar-refractivity contribution is -0.126. The molecule has 8 atom stereocenters. The number of aliphatic hydroxyl groups excluding tert-OH is 1. The van der Waals surface area contributed by atoms with E-state index in [-0.39, 0.29) is 18.2 Å². The van der Waals surface area contributed by atoms with Crippen LogP contribution in [0.5, 0.6) is 0 Å². The second kappa shape index (κ2) is 9.78. The van der Waals surface area contributed by atoms with Crippen LogP contribution >= 0.6 is 0 Å².